The first-order chi connectivity index (χ1) is 6.24. The van der Waals surface area contributed by atoms with E-state index in [0.717, 1.165) is 5.92 Å². The lowest BCUT2D eigenvalue weighted by molar-refractivity contribution is 0.0414. The zero-order chi connectivity index (χ0) is 9.26. The Morgan fingerprint density at radius 1 is 1.23 bits per heavy atom. The van der Waals surface area contributed by atoms with E-state index < -0.39 is 0 Å². The first-order valence-electron chi connectivity index (χ1n) is 5.53. The van der Waals surface area contributed by atoms with Gasteiger partial charge >= 0.3 is 0 Å². The molecule has 1 saturated heterocycles. The number of halogens is 1. The lowest BCUT2D eigenvalue weighted by Gasteiger charge is -2.15. The van der Waals surface area contributed by atoms with Crippen LogP contribution in [0.3, 0.4) is 0 Å². The maximum Gasteiger partial charge on any atom is 0.0582 e. The topological polar surface area (TPSA) is 9.23 Å². The molecule has 4 unspecified atom stereocenters. The molecule has 0 spiro atoms. The van der Waals surface area contributed by atoms with Crippen molar-refractivity contribution in [2.45, 2.75) is 63.0 Å². The Morgan fingerprint density at radius 3 is 2.62 bits per heavy atom. The van der Waals surface area contributed by atoms with E-state index in [1.165, 1.54) is 38.5 Å². The van der Waals surface area contributed by atoms with E-state index in [0.29, 0.717) is 17.6 Å². The van der Waals surface area contributed by atoms with Gasteiger partial charge in [-0.3, -0.25) is 0 Å². The summed E-state index contributed by atoms with van der Waals surface area (Å²) in [5.74, 6) is 0.845. The highest BCUT2D eigenvalue weighted by Gasteiger charge is 2.29. The highest BCUT2D eigenvalue weighted by Crippen LogP contribution is 2.35. The molecule has 0 bridgehead atoms. The summed E-state index contributed by atoms with van der Waals surface area (Å²) < 4.78 is 5.82. The number of hydrogen-bond acceptors (Lipinski definition) is 1. The third-order valence-corrected chi connectivity index (χ3v) is 3.79. The molecule has 0 amide bonds. The van der Waals surface area contributed by atoms with Crippen LogP contribution in [0, 0.1) is 5.92 Å². The normalized spacial score (nSPS) is 45.7. The predicted octanol–water partition coefficient (Wildman–Crippen LogP) is 3.35. The Morgan fingerprint density at radius 2 is 2.08 bits per heavy atom. The van der Waals surface area contributed by atoms with Gasteiger partial charge in [0.15, 0.2) is 0 Å². The van der Waals surface area contributed by atoms with Gasteiger partial charge in [0.2, 0.25) is 0 Å². The fourth-order valence-corrected chi connectivity index (χ4v) is 3.04. The van der Waals surface area contributed by atoms with E-state index in [1.54, 1.807) is 0 Å². The molecule has 4 atom stereocenters. The molecule has 0 radical (unpaired) electrons. The van der Waals surface area contributed by atoms with Gasteiger partial charge in [-0.25, -0.2) is 0 Å². The summed E-state index contributed by atoms with van der Waals surface area (Å²) in [5, 5.41) is 0.448. The summed E-state index contributed by atoms with van der Waals surface area (Å²) in [6.45, 7) is 2.18. The Hall–Kier alpha value is 0.250. The van der Waals surface area contributed by atoms with Crippen molar-refractivity contribution in [2.24, 2.45) is 5.92 Å². The molecule has 0 N–H and O–H groups in total. The Kier molecular flexibility index (Phi) is 3.15. The molecule has 13 heavy (non-hydrogen) atoms. The van der Waals surface area contributed by atoms with Crippen LogP contribution in [-0.4, -0.2) is 17.6 Å². The standard InChI is InChI=1S/C11H19ClO/c1-8-2-5-11(13-8)7-9-3-4-10(12)6-9/h8-11H,2-7H2,1H3. The summed E-state index contributed by atoms with van der Waals surface area (Å²) in [5.41, 5.74) is 0. The Labute approximate surface area is 85.8 Å². The average Bonchev–Trinajstić information content (AvgIpc) is 2.62. The van der Waals surface area contributed by atoms with Crippen molar-refractivity contribution in [1.29, 1.82) is 0 Å². The molecule has 76 valence electrons. The summed E-state index contributed by atoms with van der Waals surface area (Å²) in [6, 6.07) is 0. The second-order valence-corrected chi connectivity index (χ2v) is 5.28. The van der Waals surface area contributed by atoms with E-state index in [4.69, 9.17) is 16.3 Å². The van der Waals surface area contributed by atoms with Gasteiger partial charge in [0.1, 0.15) is 0 Å². The van der Waals surface area contributed by atoms with Crippen molar-refractivity contribution < 1.29 is 4.74 Å². The van der Waals surface area contributed by atoms with E-state index in [2.05, 4.69) is 6.92 Å². The van der Waals surface area contributed by atoms with Crippen LogP contribution < -0.4 is 0 Å². The molecule has 1 saturated carbocycles. The van der Waals surface area contributed by atoms with Crippen LogP contribution >= 0.6 is 11.6 Å². The average molecular weight is 203 g/mol. The first kappa shape index (κ1) is 9.79. The Bertz CT molecular complexity index is 153. The molecule has 1 aliphatic heterocycles. The van der Waals surface area contributed by atoms with E-state index in [1.807, 2.05) is 0 Å². The smallest absolute Gasteiger partial charge is 0.0582 e. The minimum atomic E-state index is 0.448. The maximum absolute atomic E-state index is 6.08. The fourth-order valence-electron chi connectivity index (χ4n) is 2.66. The van der Waals surface area contributed by atoms with Crippen LogP contribution in [0.1, 0.15) is 45.4 Å². The molecule has 1 aliphatic carbocycles. The van der Waals surface area contributed by atoms with Crippen molar-refractivity contribution in [3.8, 4) is 0 Å². The van der Waals surface area contributed by atoms with Crippen LogP contribution in [0.4, 0.5) is 0 Å². The van der Waals surface area contributed by atoms with Crippen LogP contribution in [0.15, 0.2) is 0 Å². The number of rotatable bonds is 2. The predicted molar refractivity (Wildman–Crippen MR) is 55.2 cm³/mol. The zero-order valence-corrected chi connectivity index (χ0v) is 9.09. The van der Waals surface area contributed by atoms with Crippen molar-refractivity contribution in [2.75, 3.05) is 0 Å². The van der Waals surface area contributed by atoms with Gasteiger partial charge in [-0.05, 0) is 51.4 Å². The summed E-state index contributed by atoms with van der Waals surface area (Å²) in [6.07, 6.45) is 8.58. The van der Waals surface area contributed by atoms with Crippen molar-refractivity contribution in [3.63, 3.8) is 0 Å². The molecule has 2 rings (SSSR count). The highest BCUT2D eigenvalue weighted by atomic mass is 35.5. The van der Waals surface area contributed by atoms with Gasteiger partial charge in [0.25, 0.3) is 0 Å². The molecule has 0 aromatic carbocycles. The minimum Gasteiger partial charge on any atom is -0.375 e. The van der Waals surface area contributed by atoms with Gasteiger partial charge in [0.05, 0.1) is 12.2 Å². The van der Waals surface area contributed by atoms with Crippen LogP contribution in [0.2, 0.25) is 0 Å². The van der Waals surface area contributed by atoms with E-state index in [9.17, 15) is 0 Å². The van der Waals surface area contributed by atoms with Crippen molar-refractivity contribution in [1.82, 2.24) is 0 Å². The van der Waals surface area contributed by atoms with Gasteiger partial charge in [-0.1, -0.05) is 0 Å². The molecule has 0 aromatic heterocycles. The summed E-state index contributed by atoms with van der Waals surface area (Å²) >= 11 is 6.08. The van der Waals surface area contributed by atoms with Crippen LogP contribution in [0.25, 0.3) is 0 Å². The lowest BCUT2D eigenvalue weighted by atomic mass is 9.98. The second-order valence-electron chi connectivity index (χ2n) is 4.66. The summed E-state index contributed by atoms with van der Waals surface area (Å²) in [7, 11) is 0. The van der Waals surface area contributed by atoms with Gasteiger partial charge in [0, 0.05) is 5.38 Å². The third kappa shape index (κ3) is 2.60. The minimum absolute atomic E-state index is 0.448. The second kappa shape index (κ2) is 4.18. The molecule has 2 aliphatic rings. The molecule has 1 nitrogen and oxygen atoms in total. The molecular formula is C11H19ClO. The zero-order valence-electron chi connectivity index (χ0n) is 8.34. The van der Waals surface area contributed by atoms with Gasteiger partial charge < -0.3 is 4.74 Å². The first-order valence-corrected chi connectivity index (χ1v) is 5.97. The quantitative estimate of drug-likeness (QED) is 0.624. The molecule has 2 fully saturated rings. The number of alkyl halides is 1. The van der Waals surface area contributed by atoms with Crippen molar-refractivity contribution in [3.05, 3.63) is 0 Å². The SMILES string of the molecule is CC1CCC(CC2CCC(Cl)C2)O1. The van der Waals surface area contributed by atoms with E-state index >= 15 is 0 Å². The van der Waals surface area contributed by atoms with E-state index in [-0.39, 0.29) is 0 Å². The summed E-state index contributed by atoms with van der Waals surface area (Å²) in [4.78, 5) is 0. The fraction of sp³-hybridized carbons (Fsp3) is 1.00. The molecular weight excluding hydrogens is 184 g/mol. The van der Waals surface area contributed by atoms with Gasteiger partial charge in [-0.2, -0.15) is 0 Å². The Balaban J connectivity index is 1.72. The number of hydrogen-bond donors (Lipinski definition) is 0. The molecule has 1 heterocycles. The lowest BCUT2D eigenvalue weighted by Crippen LogP contribution is -2.12. The van der Waals surface area contributed by atoms with Crippen LogP contribution in [0.5, 0.6) is 0 Å². The van der Waals surface area contributed by atoms with Crippen LogP contribution in [-0.2, 0) is 4.74 Å². The molecule has 2 heteroatoms. The third-order valence-electron chi connectivity index (χ3n) is 3.39. The molecule has 0 aromatic rings. The van der Waals surface area contributed by atoms with Crippen molar-refractivity contribution >= 4 is 11.6 Å². The van der Waals surface area contributed by atoms with Gasteiger partial charge in [-0.15, -0.1) is 11.6 Å². The largest absolute Gasteiger partial charge is 0.375 e. The highest BCUT2D eigenvalue weighted by molar-refractivity contribution is 6.20. The maximum atomic E-state index is 6.08. The monoisotopic (exact) mass is 202 g/mol. The number of ether oxygens (including phenoxy) is 1.